The molecule has 1 aliphatic carbocycles. The normalized spacial score (nSPS) is 18.1. The van der Waals surface area contributed by atoms with Gasteiger partial charge >= 0.3 is 6.18 Å². The number of aryl methyl sites for hydroxylation is 1. The minimum Gasteiger partial charge on any atom is -0.496 e. The summed E-state index contributed by atoms with van der Waals surface area (Å²) in [5.74, 6) is -0.843. The van der Waals surface area contributed by atoms with Crippen molar-refractivity contribution < 1.29 is 23.0 Å². The Morgan fingerprint density at radius 2 is 2.00 bits per heavy atom. The van der Waals surface area contributed by atoms with Crippen molar-refractivity contribution in [2.75, 3.05) is 20.7 Å². The van der Waals surface area contributed by atoms with Crippen LogP contribution in [0.2, 0.25) is 0 Å². The predicted octanol–water partition coefficient (Wildman–Crippen LogP) is 4.17. The molecule has 0 spiro atoms. The number of ether oxygens (including phenoxy) is 1. The first-order chi connectivity index (χ1) is 11.6. The molecule has 25 heavy (non-hydrogen) atoms. The van der Waals surface area contributed by atoms with Crippen molar-refractivity contribution in [3.8, 4) is 5.75 Å². The summed E-state index contributed by atoms with van der Waals surface area (Å²) >= 11 is 0. The van der Waals surface area contributed by atoms with Crippen LogP contribution in [0.5, 0.6) is 5.75 Å². The van der Waals surface area contributed by atoms with Crippen molar-refractivity contribution in [2.24, 2.45) is 10.9 Å². The Labute approximate surface area is 146 Å². The number of nitrogens with zero attached hydrogens (tertiary/aromatic N) is 2. The second-order valence-corrected chi connectivity index (χ2v) is 6.55. The van der Waals surface area contributed by atoms with Gasteiger partial charge in [0, 0.05) is 31.1 Å². The molecule has 1 aromatic rings. The largest absolute Gasteiger partial charge is 0.496 e. The van der Waals surface area contributed by atoms with Gasteiger partial charge in [-0.3, -0.25) is 0 Å². The van der Waals surface area contributed by atoms with Gasteiger partial charge in [0.15, 0.2) is 5.60 Å². The average Bonchev–Trinajstić information content (AvgIpc) is 2.50. The molecular weight excluding hydrogens is 333 g/mol. The molecule has 2 rings (SSSR count). The van der Waals surface area contributed by atoms with E-state index in [1.54, 1.807) is 13.3 Å². The van der Waals surface area contributed by atoms with Gasteiger partial charge in [0.25, 0.3) is 0 Å². The molecule has 140 valence electrons. The number of aliphatic hydroxyl groups is 1. The van der Waals surface area contributed by atoms with Crippen LogP contribution in [0.25, 0.3) is 0 Å². The Bertz CT molecular complexity index is 642. The monoisotopic (exact) mass is 358 g/mol. The average molecular weight is 358 g/mol. The summed E-state index contributed by atoms with van der Waals surface area (Å²) in [7, 11) is 3.15. The first-order valence-corrected chi connectivity index (χ1v) is 8.37. The highest BCUT2D eigenvalue weighted by molar-refractivity contribution is 5.65. The summed E-state index contributed by atoms with van der Waals surface area (Å²) < 4.78 is 46.5. The number of hydrogen-bond acceptors (Lipinski definition) is 3. The van der Waals surface area contributed by atoms with Crippen LogP contribution in [0.3, 0.4) is 0 Å². The van der Waals surface area contributed by atoms with Gasteiger partial charge in [-0.1, -0.05) is 6.42 Å². The van der Waals surface area contributed by atoms with E-state index in [1.807, 2.05) is 18.9 Å². The SMILES string of the molecule is CCN(C)/C=N/c1cc(OC)c(C(O)(C2CCC2)C(F)(F)F)cc1C. The zero-order valence-electron chi connectivity index (χ0n) is 15.0. The minimum absolute atomic E-state index is 0.00336. The molecule has 7 heteroatoms. The zero-order chi connectivity index (χ0) is 18.8. The fourth-order valence-corrected chi connectivity index (χ4v) is 2.96. The van der Waals surface area contributed by atoms with Gasteiger partial charge in [0.2, 0.25) is 0 Å². The lowest BCUT2D eigenvalue weighted by molar-refractivity contribution is -0.295. The first kappa shape index (κ1) is 19.6. The third kappa shape index (κ3) is 3.61. The van der Waals surface area contributed by atoms with Crippen molar-refractivity contribution in [3.63, 3.8) is 0 Å². The Balaban J connectivity index is 2.53. The second-order valence-electron chi connectivity index (χ2n) is 6.55. The van der Waals surface area contributed by atoms with Gasteiger partial charge in [0.1, 0.15) is 5.75 Å². The lowest BCUT2D eigenvalue weighted by Crippen LogP contribution is -2.51. The van der Waals surface area contributed by atoms with E-state index in [4.69, 9.17) is 4.74 Å². The lowest BCUT2D eigenvalue weighted by atomic mass is 9.69. The van der Waals surface area contributed by atoms with Crippen LogP contribution in [-0.4, -0.2) is 43.2 Å². The van der Waals surface area contributed by atoms with Gasteiger partial charge in [-0.15, -0.1) is 0 Å². The number of benzene rings is 1. The van der Waals surface area contributed by atoms with Gasteiger partial charge in [-0.2, -0.15) is 13.2 Å². The Hall–Kier alpha value is -1.76. The standard InChI is InChI=1S/C18H25F3N2O2/c1-5-23(3)11-22-15-10-16(25-4)14(9-12(15)2)17(24,18(19,20)21)13-7-6-8-13/h9-11,13,24H,5-8H2,1-4H3/b22-11+. The summed E-state index contributed by atoms with van der Waals surface area (Å²) in [4.78, 5) is 6.15. The van der Waals surface area contributed by atoms with Crippen LogP contribution in [0.1, 0.15) is 37.3 Å². The molecule has 0 amide bonds. The molecule has 0 saturated heterocycles. The number of hydrogen-bond donors (Lipinski definition) is 1. The maximum absolute atomic E-state index is 13.8. The molecule has 0 radical (unpaired) electrons. The lowest BCUT2D eigenvalue weighted by Gasteiger charge is -2.43. The van der Waals surface area contributed by atoms with Crippen LogP contribution in [0.15, 0.2) is 17.1 Å². The van der Waals surface area contributed by atoms with Crippen LogP contribution >= 0.6 is 0 Å². The molecule has 1 aromatic carbocycles. The van der Waals surface area contributed by atoms with E-state index >= 15 is 0 Å². The fraction of sp³-hybridized carbons (Fsp3) is 0.611. The predicted molar refractivity (Wildman–Crippen MR) is 91.5 cm³/mol. The molecule has 0 aromatic heterocycles. The molecule has 0 heterocycles. The van der Waals surface area contributed by atoms with E-state index in [0.29, 0.717) is 30.5 Å². The van der Waals surface area contributed by atoms with Crippen LogP contribution in [0, 0.1) is 12.8 Å². The smallest absolute Gasteiger partial charge is 0.421 e. The number of rotatable bonds is 6. The van der Waals surface area contributed by atoms with Crippen molar-refractivity contribution in [3.05, 3.63) is 23.3 Å². The first-order valence-electron chi connectivity index (χ1n) is 8.37. The van der Waals surface area contributed by atoms with E-state index < -0.39 is 17.7 Å². The number of methoxy groups -OCH3 is 1. The summed E-state index contributed by atoms with van der Waals surface area (Å²) in [5, 5.41) is 10.7. The molecule has 1 fully saturated rings. The van der Waals surface area contributed by atoms with Crippen molar-refractivity contribution in [2.45, 2.75) is 44.9 Å². The topological polar surface area (TPSA) is 45.1 Å². The summed E-state index contributed by atoms with van der Waals surface area (Å²) in [6, 6.07) is 2.81. The zero-order valence-corrected chi connectivity index (χ0v) is 15.0. The molecule has 1 N–H and O–H groups in total. The molecule has 1 atom stereocenters. The molecule has 0 bridgehead atoms. The molecule has 0 aliphatic heterocycles. The van der Waals surface area contributed by atoms with Gasteiger partial charge in [-0.05, 0) is 38.3 Å². The van der Waals surface area contributed by atoms with E-state index in [9.17, 15) is 18.3 Å². The Kier molecular flexibility index (Phi) is 5.66. The number of halogens is 3. The van der Waals surface area contributed by atoms with Gasteiger partial charge in [0.05, 0.1) is 19.1 Å². The number of alkyl halides is 3. The van der Waals surface area contributed by atoms with Crippen LogP contribution in [-0.2, 0) is 5.60 Å². The summed E-state index contributed by atoms with van der Waals surface area (Å²) in [6.07, 6.45) is -1.77. The van der Waals surface area contributed by atoms with Crippen LogP contribution in [0.4, 0.5) is 18.9 Å². The number of aliphatic imine (C=N–C) groups is 1. The van der Waals surface area contributed by atoms with E-state index in [1.165, 1.54) is 19.2 Å². The third-order valence-electron chi connectivity index (χ3n) is 4.95. The van der Waals surface area contributed by atoms with Gasteiger partial charge in [-0.25, -0.2) is 4.99 Å². The highest BCUT2D eigenvalue weighted by Gasteiger charge is 2.61. The van der Waals surface area contributed by atoms with E-state index in [-0.39, 0.29) is 11.3 Å². The van der Waals surface area contributed by atoms with Crippen molar-refractivity contribution in [1.82, 2.24) is 4.90 Å². The maximum atomic E-state index is 13.8. The van der Waals surface area contributed by atoms with E-state index in [2.05, 4.69) is 4.99 Å². The molecule has 1 aliphatic rings. The third-order valence-corrected chi connectivity index (χ3v) is 4.95. The highest BCUT2D eigenvalue weighted by Crippen LogP contribution is 2.54. The Morgan fingerprint density at radius 3 is 2.44 bits per heavy atom. The molecular formula is C18H25F3N2O2. The van der Waals surface area contributed by atoms with Gasteiger partial charge < -0.3 is 14.7 Å². The minimum atomic E-state index is -4.77. The Morgan fingerprint density at radius 1 is 1.36 bits per heavy atom. The molecule has 1 unspecified atom stereocenters. The summed E-state index contributed by atoms with van der Waals surface area (Å²) in [5.41, 5.74) is -2.06. The molecule has 4 nitrogen and oxygen atoms in total. The quantitative estimate of drug-likeness (QED) is 0.613. The molecule has 1 saturated carbocycles. The fourth-order valence-electron chi connectivity index (χ4n) is 2.96. The highest BCUT2D eigenvalue weighted by atomic mass is 19.4. The second kappa shape index (κ2) is 7.23. The van der Waals surface area contributed by atoms with E-state index in [0.717, 1.165) is 6.54 Å². The van der Waals surface area contributed by atoms with Crippen LogP contribution < -0.4 is 4.74 Å². The van der Waals surface area contributed by atoms with Crippen molar-refractivity contribution >= 4 is 12.0 Å². The summed E-state index contributed by atoms with van der Waals surface area (Å²) in [6.45, 7) is 4.40. The maximum Gasteiger partial charge on any atom is 0.421 e. The van der Waals surface area contributed by atoms with Crippen molar-refractivity contribution in [1.29, 1.82) is 0 Å².